The molecule has 2 aliphatic rings. The van der Waals surface area contributed by atoms with Crippen LogP contribution in [-0.4, -0.2) is 44.9 Å². The highest BCUT2D eigenvalue weighted by Gasteiger charge is 2.50. The molecule has 0 spiro atoms. The molecule has 6 nitrogen and oxygen atoms in total. The largest absolute Gasteiger partial charge is 0.441 e. The van der Waals surface area contributed by atoms with E-state index in [1.807, 2.05) is 13.8 Å². The monoisotopic (exact) mass is 443 g/mol. The van der Waals surface area contributed by atoms with Gasteiger partial charge in [0.25, 0.3) is 0 Å². The highest BCUT2D eigenvalue weighted by Crippen LogP contribution is 2.38. The van der Waals surface area contributed by atoms with Crippen molar-refractivity contribution in [1.82, 2.24) is 14.9 Å². The van der Waals surface area contributed by atoms with Crippen LogP contribution in [0.15, 0.2) is 30.6 Å². The molecule has 2 fully saturated rings. The maximum Gasteiger partial charge on any atom is 0.410 e. The predicted molar refractivity (Wildman–Crippen MR) is 114 cm³/mol. The predicted octanol–water partition coefficient (Wildman–Crippen LogP) is 4.71. The Morgan fingerprint density at radius 2 is 1.94 bits per heavy atom. The van der Waals surface area contributed by atoms with E-state index in [-0.39, 0.29) is 23.8 Å². The average Bonchev–Trinajstić information content (AvgIpc) is 2.96. The number of aromatic nitrogens is 2. The van der Waals surface area contributed by atoms with E-state index in [9.17, 15) is 18.4 Å². The van der Waals surface area contributed by atoms with Crippen molar-refractivity contribution in [3.8, 4) is 11.3 Å². The molecule has 2 saturated heterocycles. The van der Waals surface area contributed by atoms with E-state index < -0.39 is 17.2 Å². The van der Waals surface area contributed by atoms with Crippen LogP contribution in [0.5, 0.6) is 0 Å². The normalized spacial score (nSPS) is 21.9. The second kappa shape index (κ2) is 8.92. The van der Waals surface area contributed by atoms with Crippen molar-refractivity contribution >= 4 is 11.9 Å². The summed E-state index contributed by atoms with van der Waals surface area (Å²) in [5.74, 6) is -0.842. The van der Waals surface area contributed by atoms with Crippen molar-refractivity contribution in [3.63, 3.8) is 0 Å². The summed E-state index contributed by atoms with van der Waals surface area (Å²) in [6, 6.07) is 3.27. The van der Waals surface area contributed by atoms with Gasteiger partial charge in [-0.05, 0) is 57.6 Å². The Morgan fingerprint density at radius 1 is 1.19 bits per heavy atom. The lowest BCUT2D eigenvalue weighted by molar-refractivity contribution is -0.120. The van der Waals surface area contributed by atoms with Crippen molar-refractivity contribution in [1.29, 1.82) is 0 Å². The summed E-state index contributed by atoms with van der Waals surface area (Å²) < 4.78 is 32.2. The maximum atomic E-state index is 13.4. The summed E-state index contributed by atoms with van der Waals surface area (Å²) in [5.41, 5.74) is 0.947. The zero-order chi connectivity index (χ0) is 22.9. The minimum Gasteiger partial charge on any atom is -0.441 e. The number of fused-ring (bicyclic) bond motifs is 1. The highest BCUT2D eigenvalue weighted by atomic mass is 19.1. The van der Waals surface area contributed by atoms with Crippen molar-refractivity contribution in [3.05, 3.63) is 47.9 Å². The highest BCUT2D eigenvalue weighted by molar-refractivity contribution is 5.78. The van der Waals surface area contributed by atoms with Gasteiger partial charge in [0.15, 0.2) is 0 Å². The van der Waals surface area contributed by atoms with Crippen LogP contribution >= 0.6 is 0 Å². The Hall–Kier alpha value is -2.90. The fraction of sp³-hybridized carbons (Fsp3) is 0.500. The summed E-state index contributed by atoms with van der Waals surface area (Å²) in [6.07, 6.45) is 6.68. The minimum absolute atomic E-state index is 0.0295. The lowest BCUT2D eigenvalue weighted by Gasteiger charge is -2.36. The third-order valence-electron chi connectivity index (χ3n) is 6.37. The van der Waals surface area contributed by atoms with Crippen LogP contribution in [0.25, 0.3) is 11.3 Å². The van der Waals surface area contributed by atoms with E-state index in [0.29, 0.717) is 43.5 Å². The molecule has 2 atom stereocenters. The van der Waals surface area contributed by atoms with Crippen LogP contribution in [0.4, 0.5) is 13.6 Å². The number of rotatable bonds is 7. The molecule has 0 aliphatic carbocycles. The number of hydrogen-bond donors (Lipinski definition) is 0. The Morgan fingerprint density at radius 3 is 2.62 bits per heavy atom. The number of piperidine rings is 1. The molecule has 4 rings (SSSR count). The van der Waals surface area contributed by atoms with Crippen LogP contribution in [0.2, 0.25) is 0 Å². The molecule has 0 radical (unpaired) electrons. The van der Waals surface area contributed by atoms with E-state index in [0.717, 1.165) is 24.6 Å². The summed E-state index contributed by atoms with van der Waals surface area (Å²) in [7, 11) is 0. The molecule has 32 heavy (non-hydrogen) atoms. The Labute approximate surface area is 186 Å². The van der Waals surface area contributed by atoms with Crippen LogP contribution in [0.3, 0.4) is 0 Å². The van der Waals surface area contributed by atoms with Crippen LogP contribution in [-0.2, 0) is 16.0 Å². The zero-order valence-corrected chi connectivity index (χ0v) is 18.3. The number of ether oxygens (including phenoxy) is 1. The second-order valence-corrected chi connectivity index (χ2v) is 9.22. The molecular weight excluding hydrogens is 416 g/mol. The standard InChI is InChI=1S/C24H27F2N3O3/c1-24(2)22-9-15(6-7-29(22)23(31)32-24)8-20(30)5-3-4-19-13-28-21(14-27-19)16-10-17(25)12-18(26)11-16/h10-15,22H,3-9H2,1-2H3. The van der Waals surface area contributed by atoms with Crippen molar-refractivity contribution in [2.75, 3.05) is 6.54 Å². The number of aryl methyl sites for hydroxylation is 1. The number of carbonyl (C=O) groups excluding carboxylic acids is 2. The molecule has 1 amide bonds. The molecule has 170 valence electrons. The third-order valence-corrected chi connectivity index (χ3v) is 6.37. The summed E-state index contributed by atoms with van der Waals surface area (Å²) >= 11 is 0. The first kappa shape index (κ1) is 22.3. The first-order chi connectivity index (χ1) is 15.2. The molecule has 0 bridgehead atoms. The number of benzene rings is 1. The fourth-order valence-corrected chi connectivity index (χ4v) is 4.68. The molecule has 0 saturated carbocycles. The Kier molecular flexibility index (Phi) is 6.22. The topological polar surface area (TPSA) is 72.4 Å². The summed E-state index contributed by atoms with van der Waals surface area (Å²) in [4.78, 5) is 34.8. The molecule has 3 heterocycles. The lowest BCUT2D eigenvalue weighted by atomic mass is 9.81. The first-order valence-corrected chi connectivity index (χ1v) is 11.0. The van der Waals surface area contributed by atoms with E-state index in [2.05, 4.69) is 9.97 Å². The van der Waals surface area contributed by atoms with Gasteiger partial charge in [0.2, 0.25) is 0 Å². The van der Waals surface area contributed by atoms with E-state index >= 15 is 0 Å². The van der Waals surface area contributed by atoms with Crippen molar-refractivity contribution < 1.29 is 23.1 Å². The van der Waals surface area contributed by atoms with Gasteiger partial charge in [-0.2, -0.15) is 0 Å². The molecule has 8 heteroatoms. The number of amides is 1. The average molecular weight is 443 g/mol. The second-order valence-electron chi connectivity index (χ2n) is 9.22. The Balaban J connectivity index is 1.24. The van der Waals surface area contributed by atoms with Gasteiger partial charge < -0.3 is 9.64 Å². The molecule has 2 aromatic rings. The van der Waals surface area contributed by atoms with Gasteiger partial charge in [-0.15, -0.1) is 0 Å². The van der Waals surface area contributed by atoms with Gasteiger partial charge in [0.05, 0.1) is 23.6 Å². The number of nitrogens with zero attached hydrogens (tertiary/aromatic N) is 3. The SMILES string of the molecule is CC1(C)OC(=O)N2CCC(CC(=O)CCCc3cnc(-c4cc(F)cc(F)c4)cn3)CC21. The molecule has 2 unspecified atom stereocenters. The van der Waals surface area contributed by atoms with E-state index in [4.69, 9.17) is 4.74 Å². The quantitative estimate of drug-likeness (QED) is 0.620. The van der Waals surface area contributed by atoms with Crippen LogP contribution in [0, 0.1) is 17.6 Å². The van der Waals surface area contributed by atoms with E-state index in [1.165, 1.54) is 18.3 Å². The van der Waals surface area contributed by atoms with Crippen LogP contribution < -0.4 is 0 Å². The van der Waals surface area contributed by atoms with Crippen LogP contribution in [0.1, 0.15) is 51.6 Å². The lowest BCUT2D eigenvalue weighted by Crippen LogP contribution is -2.47. The maximum absolute atomic E-state index is 13.4. The number of ketones is 1. The van der Waals surface area contributed by atoms with Gasteiger partial charge in [0, 0.05) is 37.2 Å². The fourth-order valence-electron chi connectivity index (χ4n) is 4.68. The number of cyclic esters (lactones) is 1. The van der Waals surface area contributed by atoms with Crippen molar-refractivity contribution in [2.45, 2.75) is 64.0 Å². The third kappa shape index (κ3) is 4.95. The molecular formula is C24H27F2N3O3. The number of Topliss-reactive ketones (excluding diaryl/α,β-unsaturated/α-hetero) is 1. The van der Waals surface area contributed by atoms with Gasteiger partial charge in [-0.25, -0.2) is 13.6 Å². The first-order valence-electron chi connectivity index (χ1n) is 11.0. The molecule has 2 aliphatic heterocycles. The molecule has 1 aromatic heterocycles. The number of hydrogen-bond acceptors (Lipinski definition) is 5. The van der Waals surface area contributed by atoms with Gasteiger partial charge in [0.1, 0.15) is 23.0 Å². The number of carbonyl (C=O) groups is 2. The van der Waals surface area contributed by atoms with Crippen molar-refractivity contribution in [2.24, 2.45) is 5.92 Å². The van der Waals surface area contributed by atoms with Gasteiger partial charge in [-0.1, -0.05) is 0 Å². The van der Waals surface area contributed by atoms with Gasteiger partial charge >= 0.3 is 6.09 Å². The summed E-state index contributed by atoms with van der Waals surface area (Å²) in [5, 5.41) is 0. The zero-order valence-electron chi connectivity index (χ0n) is 18.3. The minimum atomic E-state index is -0.661. The smallest absolute Gasteiger partial charge is 0.410 e. The summed E-state index contributed by atoms with van der Waals surface area (Å²) in [6.45, 7) is 4.50. The number of halogens is 2. The molecule has 1 aromatic carbocycles. The Bertz CT molecular complexity index is 990. The van der Waals surface area contributed by atoms with E-state index in [1.54, 1.807) is 11.1 Å². The van der Waals surface area contributed by atoms with Gasteiger partial charge in [-0.3, -0.25) is 14.8 Å². The molecule has 0 N–H and O–H groups in total.